The number of hydrogen-bond donors (Lipinski definition) is 1. The average Bonchev–Trinajstić information content (AvgIpc) is 3.28. The first-order chi connectivity index (χ1) is 17.2. The summed E-state index contributed by atoms with van der Waals surface area (Å²) in [5, 5.41) is 8.95. The molecular weight excluding hydrogens is 460 g/mol. The Labute approximate surface area is 211 Å². The minimum Gasteiger partial charge on any atom is -0.444 e. The van der Waals surface area contributed by atoms with Gasteiger partial charge < -0.3 is 19.5 Å². The number of carbonyl (C=O) groups excluding carboxylic acids is 2. The molecule has 9 nitrogen and oxygen atoms in total. The summed E-state index contributed by atoms with van der Waals surface area (Å²) in [6.07, 6.45) is 4.27. The summed E-state index contributed by atoms with van der Waals surface area (Å²) >= 11 is 0. The van der Waals surface area contributed by atoms with Crippen LogP contribution in [-0.2, 0) is 16.2 Å². The molecule has 2 aromatic rings. The van der Waals surface area contributed by atoms with E-state index in [-0.39, 0.29) is 41.6 Å². The van der Waals surface area contributed by atoms with E-state index in [1.54, 1.807) is 5.06 Å². The number of piperidine rings is 1. The smallest absolute Gasteiger partial charge is 0.407 e. The highest BCUT2D eigenvalue weighted by Crippen LogP contribution is 2.62. The van der Waals surface area contributed by atoms with Gasteiger partial charge in [0, 0.05) is 24.6 Å². The summed E-state index contributed by atoms with van der Waals surface area (Å²) in [5.41, 5.74) is 1.45. The van der Waals surface area contributed by atoms with Crippen LogP contribution in [0.1, 0.15) is 81.9 Å². The molecule has 3 amide bonds. The van der Waals surface area contributed by atoms with E-state index < -0.39 is 5.60 Å². The maximum Gasteiger partial charge on any atom is 0.407 e. The number of ether oxygens (including phenoxy) is 1. The molecule has 2 aliphatic carbocycles. The number of benzene rings is 1. The van der Waals surface area contributed by atoms with Gasteiger partial charge in [0.1, 0.15) is 23.7 Å². The first-order valence-electron chi connectivity index (χ1n) is 12.9. The van der Waals surface area contributed by atoms with Gasteiger partial charge in [-0.1, -0.05) is 35.5 Å². The van der Waals surface area contributed by atoms with Crippen LogP contribution < -0.4 is 5.32 Å². The number of hydrogen-bond acceptors (Lipinski definition) is 6. The molecule has 2 atom stereocenters. The predicted octanol–water partition coefficient (Wildman–Crippen LogP) is 4.91. The first kappa shape index (κ1) is 23.3. The van der Waals surface area contributed by atoms with Gasteiger partial charge in [-0.2, -0.15) is 5.06 Å². The number of nitrogens with one attached hydrogen (secondary N) is 1. The van der Waals surface area contributed by atoms with Gasteiger partial charge in [-0.25, -0.2) is 9.59 Å². The summed E-state index contributed by atoms with van der Waals surface area (Å²) in [7, 11) is 0. The molecule has 1 spiro atoms. The number of rotatable bonds is 6. The van der Waals surface area contributed by atoms with Crippen LogP contribution in [-0.4, -0.2) is 51.5 Å². The van der Waals surface area contributed by atoms with E-state index in [9.17, 15) is 9.59 Å². The van der Waals surface area contributed by atoms with Crippen LogP contribution in [0.25, 0.3) is 0 Å². The second kappa shape index (κ2) is 8.50. The van der Waals surface area contributed by atoms with Crippen molar-refractivity contribution >= 4 is 12.1 Å². The van der Waals surface area contributed by atoms with E-state index in [1.807, 2.05) is 62.1 Å². The Morgan fingerprint density at radius 2 is 1.97 bits per heavy atom. The minimum absolute atomic E-state index is 0.0686. The summed E-state index contributed by atoms with van der Waals surface area (Å²) in [6, 6.07) is 11.9. The highest BCUT2D eigenvalue weighted by molar-refractivity contribution is 5.77. The Bertz CT molecular complexity index is 1130. The monoisotopic (exact) mass is 494 g/mol. The molecule has 6 rings (SSSR count). The van der Waals surface area contributed by atoms with Crippen molar-refractivity contribution < 1.29 is 23.7 Å². The quantitative estimate of drug-likeness (QED) is 0.613. The van der Waals surface area contributed by atoms with Gasteiger partial charge in [0.05, 0.1) is 12.1 Å². The first-order valence-corrected chi connectivity index (χ1v) is 12.9. The Morgan fingerprint density at radius 3 is 2.67 bits per heavy atom. The van der Waals surface area contributed by atoms with Crippen molar-refractivity contribution in [1.82, 2.24) is 20.4 Å². The second-order valence-electron chi connectivity index (χ2n) is 11.8. The zero-order chi connectivity index (χ0) is 25.1. The zero-order valence-electron chi connectivity index (χ0n) is 21.1. The lowest BCUT2D eigenvalue weighted by molar-refractivity contribution is -0.153. The second-order valence-corrected chi connectivity index (χ2v) is 11.8. The highest BCUT2D eigenvalue weighted by Gasteiger charge is 2.63. The lowest BCUT2D eigenvalue weighted by Crippen LogP contribution is -2.45. The molecule has 2 aliphatic heterocycles. The third kappa shape index (κ3) is 4.34. The van der Waals surface area contributed by atoms with E-state index >= 15 is 0 Å². The SMILES string of the molecule is CC(C)(C)OC(=O)NC1CC(c2cc([C@@H]3CC4(CC4)C4CN3C(=O)N4OCc3ccccc3)no2)C1. The van der Waals surface area contributed by atoms with E-state index in [0.29, 0.717) is 13.2 Å². The van der Waals surface area contributed by atoms with Crippen molar-refractivity contribution in [2.75, 3.05) is 6.54 Å². The lowest BCUT2D eigenvalue weighted by atomic mass is 9.78. The van der Waals surface area contributed by atoms with E-state index in [1.165, 1.54) is 0 Å². The average molecular weight is 495 g/mol. The number of nitrogens with zero attached hydrogens (tertiary/aromatic N) is 3. The van der Waals surface area contributed by atoms with Crippen LogP contribution in [0.2, 0.25) is 0 Å². The van der Waals surface area contributed by atoms with Crippen LogP contribution in [0.3, 0.4) is 0 Å². The molecule has 192 valence electrons. The Balaban J connectivity index is 1.09. The topological polar surface area (TPSA) is 97.1 Å². The van der Waals surface area contributed by atoms with E-state index in [4.69, 9.17) is 14.1 Å². The Hall–Kier alpha value is -3.07. The van der Waals surface area contributed by atoms with Gasteiger partial charge in [0.2, 0.25) is 0 Å². The molecule has 4 aliphatic rings. The molecule has 2 saturated heterocycles. The molecule has 9 heteroatoms. The predicted molar refractivity (Wildman–Crippen MR) is 130 cm³/mol. The number of hydroxylamine groups is 2. The molecule has 1 N–H and O–H groups in total. The van der Waals surface area contributed by atoms with E-state index in [2.05, 4.69) is 10.5 Å². The normalized spacial score (nSPS) is 28.2. The van der Waals surface area contributed by atoms with Gasteiger partial charge in [-0.15, -0.1) is 0 Å². The maximum atomic E-state index is 13.4. The van der Waals surface area contributed by atoms with Crippen LogP contribution in [0.5, 0.6) is 0 Å². The highest BCUT2D eigenvalue weighted by atomic mass is 16.7. The standard InChI is InChI=1S/C27H34N4O5/c1-26(2,3)35-24(32)28-19-11-18(12-19)22-13-20(29-36-22)21-14-27(9-10-27)23-15-30(21)25(33)31(23)34-16-17-7-5-4-6-8-17/h4-8,13,18-19,21,23H,9-12,14-16H2,1-3H3,(H,28,32)/t18?,19?,21-,23?/m0/s1. The molecule has 36 heavy (non-hydrogen) atoms. The molecular formula is C27H34N4O5. The molecule has 4 fully saturated rings. The third-order valence-electron chi connectivity index (χ3n) is 8.02. The number of alkyl carbamates (subject to hydrolysis) is 1. The summed E-state index contributed by atoms with van der Waals surface area (Å²) in [4.78, 5) is 33.4. The van der Waals surface area contributed by atoms with Gasteiger partial charge in [-0.05, 0) is 63.9 Å². The van der Waals surface area contributed by atoms with Gasteiger partial charge in [0.25, 0.3) is 0 Å². The van der Waals surface area contributed by atoms with Gasteiger partial charge in [-0.3, -0.25) is 4.84 Å². The summed E-state index contributed by atoms with van der Waals surface area (Å²) < 4.78 is 11.1. The van der Waals surface area contributed by atoms with Crippen LogP contribution in [0.4, 0.5) is 9.59 Å². The fourth-order valence-electron chi connectivity index (χ4n) is 5.85. The minimum atomic E-state index is -0.514. The van der Waals surface area contributed by atoms with Crippen molar-refractivity contribution in [1.29, 1.82) is 0 Å². The number of aromatic nitrogens is 1. The zero-order valence-corrected chi connectivity index (χ0v) is 21.1. The molecule has 2 saturated carbocycles. The number of amides is 3. The molecule has 0 radical (unpaired) electrons. The molecule has 3 heterocycles. The fourth-order valence-corrected chi connectivity index (χ4v) is 5.85. The number of urea groups is 1. The van der Waals surface area contributed by atoms with Gasteiger partial charge >= 0.3 is 12.1 Å². The fraction of sp³-hybridized carbons (Fsp3) is 0.593. The lowest BCUT2D eigenvalue weighted by Gasteiger charge is -2.36. The molecule has 1 unspecified atom stereocenters. The summed E-state index contributed by atoms with van der Waals surface area (Å²) in [5.74, 6) is 1.03. The molecule has 1 aromatic heterocycles. The Kier molecular flexibility index (Phi) is 5.51. The van der Waals surface area contributed by atoms with Crippen molar-refractivity contribution in [3.8, 4) is 0 Å². The maximum absolute atomic E-state index is 13.4. The van der Waals surface area contributed by atoms with Crippen LogP contribution in [0, 0.1) is 5.41 Å². The van der Waals surface area contributed by atoms with Crippen LogP contribution in [0.15, 0.2) is 40.9 Å². The molecule has 1 aromatic carbocycles. The number of fused-ring (bicyclic) bond motifs is 3. The largest absolute Gasteiger partial charge is 0.444 e. The van der Waals surface area contributed by atoms with Crippen LogP contribution >= 0.6 is 0 Å². The molecule has 2 bridgehead atoms. The number of carbonyl (C=O) groups is 2. The van der Waals surface area contributed by atoms with E-state index in [0.717, 1.165) is 49.1 Å². The van der Waals surface area contributed by atoms with Crippen molar-refractivity contribution in [2.24, 2.45) is 5.41 Å². The van der Waals surface area contributed by atoms with Crippen molar-refractivity contribution in [3.63, 3.8) is 0 Å². The van der Waals surface area contributed by atoms with Gasteiger partial charge in [0.15, 0.2) is 0 Å². The Morgan fingerprint density at radius 1 is 1.22 bits per heavy atom. The summed E-state index contributed by atoms with van der Waals surface area (Å²) in [6.45, 7) is 6.60. The van der Waals surface area contributed by atoms with Crippen molar-refractivity contribution in [3.05, 3.63) is 53.4 Å². The van der Waals surface area contributed by atoms with Crippen molar-refractivity contribution in [2.45, 2.75) is 89.1 Å². The third-order valence-corrected chi connectivity index (χ3v) is 8.02.